The van der Waals surface area contributed by atoms with E-state index in [1.165, 1.54) is 5.56 Å². The van der Waals surface area contributed by atoms with E-state index in [-0.39, 0.29) is 18.1 Å². The zero-order valence-corrected chi connectivity index (χ0v) is 16.6. The molecule has 0 bridgehead atoms. The minimum absolute atomic E-state index is 0.128. The molecule has 0 saturated heterocycles. The van der Waals surface area contributed by atoms with Gasteiger partial charge >= 0.3 is 0 Å². The first-order chi connectivity index (χ1) is 14.1. The number of primary amides is 1. The van der Waals surface area contributed by atoms with Crippen molar-refractivity contribution in [2.24, 2.45) is 11.1 Å². The quantitative estimate of drug-likeness (QED) is 0.601. The smallest absolute Gasteiger partial charge is 0.217 e. The van der Waals surface area contributed by atoms with Gasteiger partial charge in [-0.3, -0.25) is 9.59 Å². The Morgan fingerprint density at radius 1 is 1.14 bits per heavy atom. The largest absolute Gasteiger partial charge is 0.370 e. The monoisotopic (exact) mass is 386 g/mol. The molecule has 1 atom stereocenters. The van der Waals surface area contributed by atoms with Gasteiger partial charge in [-0.1, -0.05) is 54.6 Å². The van der Waals surface area contributed by atoms with Crippen molar-refractivity contribution in [3.05, 3.63) is 84.1 Å². The number of nitrogens with zero attached hydrogens (tertiary/aromatic N) is 1. The summed E-state index contributed by atoms with van der Waals surface area (Å²) in [7, 11) is 0. The second-order valence-corrected chi connectivity index (χ2v) is 7.98. The highest BCUT2D eigenvalue weighted by atomic mass is 16.1. The minimum atomic E-state index is -0.592. The molecule has 148 valence electrons. The summed E-state index contributed by atoms with van der Waals surface area (Å²) in [5.41, 5.74) is 9.01. The molecule has 2 N–H and O–H groups in total. The molecule has 4 rings (SSSR count). The highest BCUT2D eigenvalue weighted by Crippen LogP contribution is 2.45. The SMILES string of the molecule is C=CC[C@]1(CCC(N)=O)CCc2c(c3ccccc3n2Cc2ccccc2)C1=O. The number of fused-ring (bicyclic) bond motifs is 3. The molecule has 1 aliphatic rings. The molecule has 1 aromatic heterocycles. The number of allylic oxidation sites excluding steroid dienone is 1. The Morgan fingerprint density at radius 2 is 1.86 bits per heavy atom. The summed E-state index contributed by atoms with van der Waals surface area (Å²) in [6.07, 6.45) is 4.57. The van der Waals surface area contributed by atoms with Gasteiger partial charge in [-0.15, -0.1) is 6.58 Å². The summed E-state index contributed by atoms with van der Waals surface area (Å²) in [4.78, 5) is 25.2. The maximum Gasteiger partial charge on any atom is 0.217 e. The van der Waals surface area contributed by atoms with Crippen LogP contribution in [0.3, 0.4) is 0 Å². The third kappa shape index (κ3) is 3.39. The molecule has 29 heavy (non-hydrogen) atoms. The van der Waals surface area contributed by atoms with E-state index in [0.29, 0.717) is 19.3 Å². The van der Waals surface area contributed by atoms with Crippen LogP contribution >= 0.6 is 0 Å². The fourth-order valence-corrected chi connectivity index (χ4v) is 4.73. The highest BCUT2D eigenvalue weighted by molar-refractivity contribution is 6.13. The number of hydrogen-bond acceptors (Lipinski definition) is 2. The van der Waals surface area contributed by atoms with Crippen LogP contribution in [0, 0.1) is 5.41 Å². The van der Waals surface area contributed by atoms with Crippen molar-refractivity contribution < 1.29 is 9.59 Å². The number of para-hydroxylation sites is 1. The number of aromatic nitrogens is 1. The molecule has 0 unspecified atom stereocenters. The number of ketones is 1. The molecule has 0 fully saturated rings. The van der Waals surface area contributed by atoms with Crippen LogP contribution in [0.5, 0.6) is 0 Å². The predicted octanol–water partition coefficient (Wildman–Crippen LogP) is 4.65. The van der Waals surface area contributed by atoms with Crippen molar-refractivity contribution in [2.45, 2.75) is 38.6 Å². The van der Waals surface area contributed by atoms with E-state index >= 15 is 0 Å². The van der Waals surface area contributed by atoms with Gasteiger partial charge < -0.3 is 10.3 Å². The van der Waals surface area contributed by atoms with Gasteiger partial charge in [0.1, 0.15) is 0 Å². The molecule has 0 spiro atoms. The van der Waals surface area contributed by atoms with E-state index < -0.39 is 5.41 Å². The van der Waals surface area contributed by atoms with Gasteiger partial charge in [0.25, 0.3) is 0 Å². The van der Waals surface area contributed by atoms with Gasteiger partial charge in [0, 0.05) is 40.5 Å². The van der Waals surface area contributed by atoms with Crippen LogP contribution in [0.1, 0.15) is 47.3 Å². The van der Waals surface area contributed by atoms with Gasteiger partial charge in [0.15, 0.2) is 5.78 Å². The second-order valence-electron chi connectivity index (χ2n) is 7.98. The van der Waals surface area contributed by atoms with E-state index in [9.17, 15) is 9.59 Å². The van der Waals surface area contributed by atoms with Crippen LogP contribution in [-0.4, -0.2) is 16.3 Å². The maximum absolute atomic E-state index is 13.8. The summed E-state index contributed by atoms with van der Waals surface area (Å²) in [5.74, 6) is -0.235. The summed E-state index contributed by atoms with van der Waals surface area (Å²) >= 11 is 0. The minimum Gasteiger partial charge on any atom is -0.370 e. The molecule has 0 radical (unpaired) electrons. The lowest BCUT2D eigenvalue weighted by Crippen LogP contribution is -2.37. The van der Waals surface area contributed by atoms with Crippen molar-refractivity contribution in [1.29, 1.82) is 0 Å². The normalized spacial score (nSPS) is 18.6. The first-order valence-electron chi connectivity index (χ1n) is 10.1. The molecule has 1 aliphatic carbocycles. The summed E-state index contributed by atoms with van der Waals surface area (Å²) in [5, 5.41) is 0.996. The van der Waals surface area contributed by atoms with Crippen molar-refractivity contribution in [3.63, 3.8) is 0 Å². The highest BCUT2D eigenvalue weighted by Gasteiger charge is 2.43. The Morgan fingerprint density at radius 3 is 2.59 bits per heavy atom. The van der Waals surface area contributed by atoms with E-state index in [0.717, 1.165) is 35.1 Å². The number of amides is 1. The van der Waals surface area contributed by atoms with Crippen molar-refractivity contribution in [3.8, 4) is 0 Å². The summed E-state index contributed by atoms with van der Waals surface area (Å²) in [6, 6.07) is 18.4. The Kier molecular flexibility index (Phi) is 5.10. The fourth-order valence-electron chi connectivity index (χ4n) is 4.73. The lowest BCUT2D eigenvalue weighted by molar-refractivity contribution is -0.118. The number of rotatable bonds is 7. The molecule has 0 aliphatic heterocycles. The molecule has 1 amide bonds. The topological polar surface area (TPSA) is 65.1 Å². The average Bonchev–Trinajstić information content (AvgIpc) is 3.04. The Labute approximate surface area is 171 Å². The lowest BCUT2D eigenvalue weighted by Gasteiger charge is -2.35. The molecular weight excluding hydrogens is 360 g/mol. The summed E-state index contributed by atoms with van der Waals surface area (Å²) < 4.78 is 2.28. The van der Waals surface area contributed by atoms with Crippen molar-refractivity contribution in [2.75, 3.05) is 0 Å². The molecule has 4 nitrogen and oxygen atoms in total. The molecular formula is C25H26N2O2. The number of carbonyl (C=O) groups is 2. The van der Waals surface area contributed by atoms with Crippen molar-refractivity contribution in [1.82, 2.24) is 4.57 Å². The van der Waals surface area contributed by atoms with Gasteiger partial charge in [-0.05, 0) is 37.3 Å². The van der Waals surface area contributed by atoms with E-state index in [2.05, 4.69) is 29.3 Å². The number of Topliss-reactive ketones (excluding diaryl/α,β-unsaturated/α-hetero) is 1. The lowest BCUT2D eigenvalue weighted by atomic mass is 9.67. The standard InChI is InChI=1S/C25H26N2O2/c1-2-14-25(16-13-22(26)28)15-12-21-23(24(25)29)19-10-6-7-11-20(19)27(21)17-18-8-4-3-5-9-18/h2-11H,1,12-17H2,(H2,26,28)/t25-/m1/s1. The first-order valence-corrected chi connectivity index (χ1v) is 10.1. The van der Waals surface area contributed by atoms with Gasteiger partial charge in [-0.25, -0.2) is 0 Å². The second kappa shape index (κ2) is 7.70. The summed E-state index contributed by atoms with van der Waals surface area (Å²) in [6.45, 7) is 4.60. The fraction of sp³-hybridized carbons (Fsp3) is 0.280. The van der Waals surface area contributed by atoms with Crippen LogP contribution in [0.4, 0.5) is 0 Å². The third-order valence-corrected chi connectivity index (χ3v) is 6.20. The molecule has 2 aromatic carbocycles. The zero-order valence-electron chi connectivity index (χ0n) is 16.6. The Bertz CT molecular complexity index is 1080. The third-order valence-electron chi connectivity index (χ3n) is 6.20. The van der Waals surface area contributed by atoms with E-state index in [4.69, 9.17) is 5.73 Å². The van der Waals surface area contributed by atoms with Gasteiger partial charge in [0.2, 0.25) is 5.91 Å². The first kappa shape index (κ1) is 19.2. The number of carbonyl (C=O) groups excluding carboxylic acids is 2. The average molecular weight is 386 g/mol. The Hall–Kier alpha value is -3.14. The molecule has 1 heterocycles. The molecule has 4 heteroatoms. The number of hydrogen-bond donors (Lipinski definition) is 1. The molecule has 0 saturated carbocycles. The van der Waals surface area contributed by atoms with Gasteiger partial charge in [0.05, 0.1) is 0 Å². The maximum atomic E-state index is 13.8. The van der Waals surface area contributed by atoms with Crippen LogP contribution < -0.4 is 5.73 Å². The van der Waals surface area contributed by atoms with Gasteiger partial charge in [-0.2, -0.15) is 0 Å². The van der Waals surface area contributed by atoms with E-state index in [1.807, 2.05) is 36.4 Å². The Balaban J connectivity index is 1.83. The molecule has 3 aromatic rings. The van der Waals surface area contributed by atoms with Crippen LogP contribution in [-0.2, 0) is 17.8 Å². The zero-order chi connectivity index (χ0) is 20.4. The number of nitrogens with two attached hydrogens (primary N) is 1. The van der Waals surface area contributed by atoms with E-state index in [1.54, 1.807) is 6.08 Å². The van der Waals surface area contributed by atoms with Crippen molar-refractivity contribution >= 4 is 22.6 Å². The predicted molar refractivity (Wildman–Crippen MR) is 116 cm³/mol. The van der Waals surface area contributed by atoms with Crippen LogP contribution in [0.15, 0.2) is 67.3 Å². The van der Waals surface area contributed by atoms with Crippen LogP contribution in [0.25, 0.3) is 10.9 Å². The number of benzene rings is 2. The van der Waals surface area contributed by atoms with Crippen LogP contribution in [0.2, 0.25) is 0 Å².